The van der Waals surface area contributed by atoms with Gasteiger partial charge in [0.05, 0.1) is 12.6 Å². The maximum Gasteiger partial charge on any atom is 0.242 e. The van der Waals surface area contributed by atoms with Crippen molar-refractivity contribution in [1.29, 1.82) is 0 Å². The molecule has 1 saturated heterocycles. The summed E-state index contributed by atoms with van der Waals surface area (Å²) in [6.45, 7) is 3.57. The molecule has 0 bridgehead atoms. The lowest BCUT2D eigenvalue weighted by Crippen LogP contribution is -2.51. The molecule has 0 spiro atoms. The van der Waals surface area contributed by atoms with Crippen LogP contribution in [0.15, 0.2) is 0 Å². The quantitative estimate of drug-likeness (QED) is 0.582. The van der Waals surface area contributed by atoms with Gasteiger partial charge in [0.15, 0.2) is 0 Å². The van der Waals surface area contributed by atoms with E-state index in [1.807, 2.05) is 0 Å². The third kappa shape index (κ3) is 3.49. The molecule has 1 heterocycles. The number of fused-ring (bicyclic) bond motifs is 1. The van der Waals surface area contributed by atoms with E-state index in [4.69, 9.17) is 4.74 Å². The Hall–Kier alpha value is -1.14. The van der Waals surface area contributed by atoms with Gasteiger partial charge in [-0.1, -0.05) is 6.42 Å². The summed E-state index contributed by atoms with van der Waals surface area (Å²) in [6.07, 6.45) is 3.55. The minimum atomic E-state index is -0.512. The van der Waals surface area contributed by atoms with Crippen LogP contribution in [0.3, 0.4) is 0 Å². The summed E-state index contributed by atoms with van der Waals surface area (Å²) in [5, 5.41) is 8.82. The maximum absolute atomic E-state index is 12.3. The van der Waals surface area contributed by atoms with Crippen LogP contribution >= 0.6 is 0 Å². The summed E-state index contributed by atoms with van der Waals surface area (Å²) in [4.78, 5) is 24.0. The predicted octanol–water partition coefficient (Wildman–Crippen LogP) is -0.358. The van der Waals surface area contributed by atoms with Gasteiger partial charge in [0.2, 0.25) is 11.8 Å². The summed E-state index contributed by atoms with van der Waals surface area (Å²) in [5.41, 5.74) is 0. The van der Waals surface area contributed by atoms with Gasteiger partial charge in [0.25, 0.3) is 0 Å². The van der Waals surface area contributed by atoms with Crippen molar-refractivity contribution in [2.75, 3.05) is 26.8 Å². The molecule has 20 heavy (non-hydrogen) atoms. The third-order valence-corrected chi connectivity index (χ3v) is 4.39. The molecule has 2 aliphatic rings. The molecule has 1 aliphatic carbocycles. The van der Waals surface area contributed by atoms with E-state index in [1.165, 1.54) is 12.8 Å². The number of ether oxygens (including phenoxy) is 1. The van der Waals surface area contributed by atoms with E-state index < -0.39 is 6.04 Å². The summed E-state index contributed by atoms with van der Waals surface area (Å²) in [6, 6.07) is -0.640. The molecule has 2 fully saturated rings. The SMILES string of the molecule is COCCNC(=O)C(C)NC(=O)C1NCC2CCCC21. The third-order valence-electron chi connectivity index (χ3n) is 4.39. The van der Waals surface area contributed by atoms with Crippen molar-refractivity contribution in [3.63, 3.8) is 0 Å². The zero-order chi connectivity index (χ0) is 14.5. The number of rotatable bonds is 6. The molecule has 0 aromatic carbocycles. The van der Waals surface area contributed by atoms with Crippen LogP contribution in [-0.4, -0.2) is 50.7 Å². The Balaban J connectivity index is 1.77. The van der Waals surface area contributed by atoms with Crippen molar-refractivity contribution in [3.05, 3.63) is 0 Å². The smallest absolute Gasteiger partial charge is 0.242 e. The van der Waals surface area contributed by atoms with E-state index in [2.05, 4.69) is 16.0 Å². The topological polar surface area (TPSA) is 79.5 Å². The first-order chi connectivity index (χ1) is 9.63. The molecule has 0 aromatic rings. The molecular formula is C14H25N3O3. The van der Waals surface area contributed by atoms with Crippen LogP contribution in [0.5, 0.6) is 0 Å². The Morgan fingerprint density at radius 3 is 2.95 bits per heavy atom. The Labute approximate surface area is 120 Å². The fourth-order valence-corrected chi connectivity index (χ4v) is 3.27. The molecule has 114 valence electrons. The number of carbonyl (C=O) groups excluding carboxylic acids is 2. The summed E-state index contributed by atoms with van der Waals surface area (Å²) in [5.74, 6) is 0.862. The number of nitrogens with one attached hydrogen (secondary N) is 3. The van der Waals surface area contributed by atoms with Gasteiger partial charge in [-0.2, -0.15) is 0 Å². The number of methoxy groups -OCH3 is 1. The first kappa shape index (κ1) is 15.3. The highest BCUT2D eigenvalue weighted by molar-refractivity contribution is 5.89. The Kier molecular flexibility index (Phi) is 5.37. The highest BCUT2D eigenvalue weighted by Gasteiger charge is 2.42. The van der Waals surface area contributed by atoms with E-state index in [9.17, 15) is 9.59 Å². The first-order valence-electron chi connectivity index (χ1n) is 7.44. The minimum absolute atomic E-state index is 0.0474. The monoisotopic (exact) mass is 283 g/mol. The van der Waals surface area contributed by atoms with Crippen molar-refractivity contribution < 1.29 is 14.3 Å². The van der Waals surface area contributed by atoms with Gasteiger partial charge in [0, 0.05) is 13.7 Å². The van der Waals surface area contributed by atoms with Crippen molar-refractivity contribution in [3.8, 4) is 0 Å². The second-order valence-corrected chi connectivity index (χ2v) is 5.75. The summed E-state index contributed by atoms with van der Waals surface area (Å²) >= 11 is 0. The van der Waals surface area contributed by atoms with Crippen LogP contribution in [0.1, 0.15) is 26.2 Å². The minimum Gasteiger partial charge on any atom is -0.383 e. The van der Waals surface area contributed by atoms with Crippen LogP contribution < -0.4 is 16.0 Å². The lowest BCUT2D eigenvalue weighted by molar-refractivity contribution is -0.130. The van der Waals surface area contributed by atoms with E-state index in [-0.39, 0.29) is 17.9 Å². The number of hydrogen-bond donors (Lipinski definition) is 3. The van der Waals surface area contributed by atoms with Crippen LogP contribution in [0.25, 0.3) is 0 Å². The average molecular weight is 283 g/mol. The standard InChI is InChI=1S/C14H25N3O3/c1-9(13(18)15-6-7-20-2)17-14(19)12-11-5-3-4-10(11)8-16-12/h9-12,16H,3-8H2,1-2H3,(H,15,18)(H,17,19). The fraction of sp³-hybridized carbons (Fsp3) is 0.857. The molecule has 2 rings (SSSR count). The molecule has 2 amide bonds. The Bertz CT molecular complexity index is 362. The van der Waals surface area contributed by atoms with Crippen molar-refractivity contribution in [2.45, 2.75) is 38.3 Å². The van der Waals surface area contributed by atoms with Crippen molar-refractivity contribution in [2.24, 2.45) is 11.8 Å². The van der Waals surface area contributed by atoms with E-state index in [1.54, 1.807) is 14.0 Å². The van der Waals surface area contributed by atoms with Gasteiger partial charge in [-0.15, -0.1) is 0 Å². The average Bonchev–Trinajstić information content (AvgIpc) is 3.00. The molecule has 0 radical (unpaired) electrons. The second-order valence-electron chi connectivity index (χ2n) is 5.75. The van der Waals surface area contributed by atoms with Gasteiger partial charge in [0.1, 0.15) is 6.04 Å². The van der Waals surface area contributed by atoms with Crippen LogP contribution in [0.2, 0.25) is 0 Å². The normalized spacial score (nSPS) is 29.8. The van der Waals surface area contributed by atoms with E-state index in [0.29, 0.717) is 25.0 Å². The van der Waals surface area contributed by atoms with Crippen LogP contribution in [0.4, 0.5) is 0 Å². The second kappa shape index (κ2) is 7.04. The lowest BCUT2D eigenvalue weighted by atomic mass is 9.93. The van der Waals surface area contributed by atoms with Crippen LogP contribution in [-0.2, 0) is 14.3 Å². The van der Waals surface area contributed by atoms with Gasteiger partial charge in [-0.05, 0) is 38.1 Å². The fourth-order valence-electron chi connectivity index (χ4n) is 3.27. The first-order valence-corrected chi connectivity index (χ1v) is 7.44. The molecule has 6 nitrogen and oxygen atoms in total. The number of amides is 2. The van der Waals surface area contributed by atoms with E-state index >= 15 is 0 Å². The molecule has 1 saturated carbocycles. The van der Waals surface area contributed by atoms with Crippen molar-refractivity contribution in [1.82, 2.24) is 16.0 Å². The summed E-state index contributed by atoms with van der Waals surface area (Å²) in [7, 11) is 1.58. The van der Waals surface area contributed by atoms with Gasteiger partial charge >= 0.3 is 0 Å². The molecule has 4 unspecified atom stereocenters. The molecule has 4 atom stereocenters. The predicted molar refractivity (Wildman–Crippen MR) is 75.1 cm³/mol. The number of hydrogen-bond acceptors (Lipinski definition) is 4. The lowest BCUT2D eigenvalue weighted by Gasteiger charge is -2.20. The maximum atomic E-state index is 12.3. The van der Waals surface area contributed by atoms with Crippen molar-refractivity contribution >= 4 is 11.8 Å². The molecule has 3 N–H and O–H groups in total. The Morgan fingerprint density at radius 2 is 2.20 bits per heavy atom. The molecular weight excluding hydrogens is 258 g/mol. The number of carbonyl (C=O) groups is 2. The highest BCUT2D eigenvalue weighted by atomic mass is 16.5. The van der Waals surface area contributed by atoms with Gasteiger partial charge in [-0.3, -0.25) is 9.59 Å². The Morgan fingerprint density at radius 1 is 1.40 bits per heavy atom. The van der Waals surface area contributed by atoms with Gasteiger partial charge in [-0.25, -0.2) is 0 Å². The van der Waals surface area contributed by atoms with Crippen LogP contribution in [0, 0.1) is 11.8 Å². The summed E-state index contributed by atoms with van der Waals surface area (Å²) < 4.78 is 4.87. The largest absolute Gasteiger partial charge is 0.383 e. The molecule has 0 aromatic heterocycles. The zero-order valence-electron chi connectivity index (χ0n) is 12.3. The molecule has 1 aliphatic heterocycles. The zero-order valence-corrected chi connectivity index (χ0v) is 12.3. The van der Waals surface area contributed by atoms with E-state index in [0.717, 1.165) is 13.0 Å². The highest BCUT2D eigenvalue weighted by Crippen LogP contribution is 2.37. The van der Waals surface area contributed by atoms with Gasteiger partial charge < -0.3 is 20.7 Å². The molecule has 6 heteroatoms.